The van der Waals surface area contributed by atoms with E-state index in [0.29, 0.717) is 5.02 Å². The van der Waals surface area contributed by atoms with Gasteiger partial charge in [-0.1, -0.05) is 11.6 Å². The van der Waals surface area contributed by atoms with Gasteiger partial charge in [-0.2, -0.15) is 5.10 Å². The highest BCUT2D eigenvalue weighted by Gasteiger charge is 2.13. The first kappa shape index (κ1) is 11.0. The Kier molecular flexibility index (Phi) is 2.60. The summed E-state index contributed by atoms with van der Waals surface area (Å²) in [6, 6.07) is 9.36. The molecule has 0 amide bonds. The van der Waals surface area contributed by atoms with Crippen molar-refractivity contribution in [3.63, 3.8) is 0 Å². The highest BCUT2D eigenvalue weighted by Crippen LogP contribution is 2.22. The summed E-state index contributed by atoms with van der Waals surface area (Å²) in [6.07, 6.45) is 1.69. The Morgan fingerprint density at radius 1 is 1.11 bits per heavy atom. The van der Waals surface area contributed by atoms with Crippen molar-refractivity contribution in [1.82, 2.24) is 25.0 Å². The smallest absolute Gasteiger partial charge is 0.169 e. The molecule has 0 atom stereocenters. The molecule has 90 valence electrons. The molecule has 0 radical (unpaired) electrons. The van der Waals surface area contributed by atoms with Gasteiger partial charge in [0.05, 0.1) is 6.20 Å². The summed E-state index contributed by atoms with van der Waals surface area (Å²) in [4.78, 5) is 0. The molecule has 0 unspecified atom stereocenters. The summed E-state index contributed by atoms with van der Waals surface area (Å²) >= 11 is 5.88. The van der Waals surface area contributed by atoms with E-state index in [1.165, 1.54) is 0 Å². The molecule has 6 heteroatoms. The zero-order chi connectivity index (χ0) is 12.5. The molecule has 0 spiro atoms. The van der Waals surface area contributed by atoms with Crippen LogP contribution >= 0.6 is 11.6 Å². The monoisotopic (exact) mass is 259 g/mol. The molecule has 0 aliphatic carbocycles. The van der Waals surface area contributed by atoms with Crippen molar-refractivity contribution in [2.45, 2.75) is 6.92 Å². The number of benzene rings is 1. The molecule has 1 aromatic carbocycles. The Hall–Kier alpha value is -2.14. The minimum Gasteiger partial charge on any atom is -0.263 e. The topological polar surface area (TPSA) is 59.4 Å². The molecule has 0 aliphatic heterocycles. The first-order valence-corrected chi connectivity index (χ1v) is 5.81. The van der Waals surface area contributed by atoms with Gasteiger partial charge in [0.1, 0.15) is 11.6 Å². The minimum atomic E-state index is 0.697. The summed E-state index contributed by atoms with van der Waals surface area (Å²) in [5.74, 6) is 2.39. The van der Waals surface area contributed by atoms with Gasteiger partial charge >= 0.3 is 0 Å². The molecular weight excluding hydrogens is 250 g/mol. The number of aromatic nitrogens is 5. The third-order valence-electron chi connectivity index (χ3n) is 2.65. The standard InChI is InChI=1S/C12H10ClN5/c1-8-15-17-12(9-2-4-10(13)5-3-9)18(8)11-6-7-14-16-11/h2-7H,1H3,(H,14,16). The van der Waals surface area contributed by atoms with E-state index >= 15 is 0 Å². The van der Waals surface area contributed by atoms with Crippen LogP contribution in [0.15, 0.2) is 36.5 Å². The van der Waals surface area contributed by atoms with Gasteiger partial charge in [-0.3, -0.25) is 9.67 Å². The second-order valence-electron chi connectivity index (χ2n) is 3.86. The fourth-order valence-electron chi connectivity index (χ4n) is 1.81. The zero-order valence-corrected chi connectivity index (χ0v) is 10.4. The number of H-pyrrole nitrogens is 1. The number of aromatic amines is 1. The molecule has 0 bridgehead atoms. The van der Waals surface area contributed by atoms with Crippen molar-refractivity contribution >= 4 is 11.6 Å². The molecule has 0 aliphatic rings. The molecule has 2 heterocycles. The Morgan fingerprint density at radius 2 is 1.89 bits per heavy atom. The van der Waals surface area contributed by atoms with Gasteiger partial charge < -0.3 is 0 Å². The Bertz CT molecular complexity index is 654. The van der Waals surface area contributed by atoms with Gasteiger partial charge in [-0.25, -0.2) is 0 Å². The maximum atomic E-state index is 5.88. The van der Waals surface area contributed by atoms with E-state index in [1.54, 1.807) is 6.20 Å². The Balaban J connectivity index is 2.16. The summed E-state index contributed by atoms with van der Waals surface area (Å²) in [7, 11) is 0. The number of nitrogens with one attached hydrogen (secondary N) is 1. The van der Waals surface area contributed by atoms with Crippen LogP contribution in [0.4, 0.5) is 0 Å². The Morgan fingerprint density at radius 3 is 2.56 bits per heavy atom. The first-order chi connectivity index (χ1) is 8.75. The van der Waals surface area contributed by atoms with E-state index in [0.717, 1.165) is 23.0 Å². The SMILES string of the molecule is Cc1nnc(-c2ccc(Cl)cc2)n1-c1ccn[nH]1. The molecule has 0 fully saturated rings. The lowest BCUT2D eigenvalue weighted by Gasteiger charge is -2.05. The van der Waals surface area contributed by atoms with Crippen molar-refractivity contribution in [3.05, 3.63) is 47.4 Å². The highest BCUT2D eigenvalue weighted by atomic mass is 35.5. The summed E-state index contributed by atoms with van der Waals surface area (Å²) in [5, 5.41) is 15.8. The number of nitrogens with zero attached hydrogens (tertiary/aromatic N) is 4. The quantitative estimate of drug-likeness (QED) is 0.770. The predicted octanol–water partition coefficient (Wildman–Crippen LogP) is 2.62. The lowest BCUT2D eigenvalue weighted by Crippen LogP contribution is -2.00. The van der Waals surface area contributed by atoms with Gasteiger partial charge in [0.25, 0.3) is 0 Å². The number of aryl methyl sites for hydroxylation is 1. The number of halogens is 1. The average Bonchev–Trinajstić information content (AvgIpc) is 2.99. The normalized spacial score (nSPS) is 10.8. The van der Waals surface area contributed by atoms with E-state index in [4.69, 9.17) is 11.6 Å². The maximum absolute atomic E-state index is 5.88. The van der Waals surface area contributed by atoms with Crippen LogP contribution in [0.1, 0.15) is 5.82 Å². The largest absolute Gasteiger partial charge is 0.263 e. The second-order valence-corrected chi connectivity index (χ2v) is 4.29. The van der Waals surface area contributed by atoms with Gasteiger partial charge in [-0.15, -0.1) is 10.2 Å². The van der Waals surface area contributed by atoms with Gasteiger partial charge in [-0.05, 0) is 31.2 Å². The highest BCUT2D eigenvalue weighted by molar-refractivity contribution is 6.30. The fourth-order valence-corrected chi connectivity index (χ4v) is 1.94. The van der Waals surface area contributed by atoms with Crippen LogP contribution in [0, 0.1) is 6.92 Å². The number of rotatable bonds is 2. The van der Waals surface area contributed by atoms with Crippen LogP contribution in [0.25, 0.3) is 17.2 Å². The van der Waals surface area contributed by atoms with Gasteiger partial charge in [0.2, 0.25) is 0 Å². The summed E-state index contributed by atoms with van der Waals surface area (Å²) in [5.41, 5.74) is 0.953. The molecule has 2 aromatic heterocycles. The van der Waals surface area contributed by atoms with E-state index in [-0.39, 0.29) is 0 Å². The summed E-state index contributed by atoms with van der Waals surface area (Å²) in [6.45, 7) is 1.90. The van der Waals surface area contributed by atoms with E-state index in [9.17, 15) is 0 Å². The van der Waals surface area contributed by atoms with Crippen LogP contribution in [0.3, 0.4) is 0 Å². The second kappa shape index (κ2) is 4.27. The number of hydrogen-bond donors (Lipinski definition) is 1. The molecule has 0 saturated heterocycles. The van der Waals surface area contributed by atoms with Crippen molar-refractivity contribution in [3.8, 4) is 17.2 Å². The number of hydrogen-bond acceptors (Lipinski definition) is 3. The van der Waals surface area contributed by atoms with Crippen LogP contribution in [-0.4, -0.2) is 25.0 Å². The van der Waals surface area contributed by atoms with Gasteiger partial charge in [0, 0.05) is 16.7 Å². The predicted molar refractivity (Wildman–Crippen MR) is 68.7 cm³/mol. The molecule has 3 aromatic rings. The molecule has 0 saturated carbocycles. The third-order valence-corrected chi connectivity index (χ3v) is 2.91. The first-order valence-electron chi connectivity index (χ1n) is 5.43. The van der Waals surface area contributed by atoms with Crippen LogP contribution in [-0.2, 0) is 0 Å². The van der Waals surface area contributed by atoms with E-state index in [2.05, 4.69) is 20.4 Å². The average molecular weight is 260 g/mol. The van der Waals surface area contributed by atoms with Crippen molar-refractivity contribution in [1.29, 1.82) is 0 Å². The van der Waals surface area contributed by atoms with Crippen LogP contribution < -0.4 is 0 Å². The van der Waals surface area contributed by atoms with Crippen LogP contribution in [0.5, 0.6) is 0 Å². The lowest BCUT2D eigenvalue weighted by atomic mass is 10.2. The van der Waals surface area contributed by atoms with Gasteiger partial charge in [0.15, 0.2) is 5.82 Å². The van der Waals surface area contributed by atoms with Crippen molar-refractivity contribution < 1.29 is 0 Å². The third kappa shape index (κ3) is 1.78. The molecule has 3 rings (SSSR count). The Labute approximate surface area is 108 Å². The zero-order valence-electron chi connectivity index (χ0n) is 9.63. The molecular formula is C12H10ClN5. The lowest BCUT2D eigenvalue weighted by molar-refractivity contribution is 0.916. The van der Waals surface area contributed by atoms with Crippen molar-refractivity contribution in [2.75, 3.05) is 0 Å². The fraction of sp³-hybridized carbons (Fsp3) is 0.0833. The maximum Gasteiger partial charge on any atom is 0.169 e. The molecule has 18 heavy (non-hydrogen) atoms. The summed E-state index contributed by atoms with van der Waals surface area (Å²) < 4.78 is 1.91. The van der Waals surface area contributed by atoms with E-state index < -0.39 is 0 Å². The molecule has 1 N–H and O–H groups in total. The van der Waals surface area contributed by atoms with Crippen LogP contribution in [0.2, 0.25) is 5.02 Å². The minimum absolute atomic E-state index is 0.697. The molecule has 5 nitrogen and oxygen atoms in total. The van der Waals surface area contributed by atoms with Crippen molar-refractivity contribution in [2.24, 2.45) is 0 Å². The van der Waals surface area contributed by atoms with E-state index in [1.807, 2.05) is 41.8 Å².